The molecule has 0 aliphatic rings. The van der Waals surface area contributed by atoms with E-state index < -0.39 is 39.3 Å². The fraction of sp³-hybridized carbons (Fsp3) is 0.192. The summed E-state index contributed by atoms with van der Waals surface area (Å²) in [5.41, 5.74) is 0.750. The number of anilines is 2. The van der Waals surface area contributed by atoms with E-state index in [9.17, 15) is 30.8 Å². The first-order valence-electron chi connectivity index (χ1n) is 11.3. The first-order chi connectivity index (χ1) is 18.0. The van der Waals surface area contributed by atoms with E-state index in [4.69, 9.17) is 0 Å². The molecule has 4 rings (SSSR count). The molecule has 13 heteroatoms. The summed E-state index contributed by atoms with van der Waals surface area (Å²) in [6.45, 7) is 3.27. The van der Waals surface area contributed by atoms with Crippen molar-refractivity contribution in [2.24, 2.45) is 0 Å². The summed E-state index contributed by atoms with van der Waals surface area (Å²) in [6.07, 6.45) is -3.90. The third-order valence-corrected chi connectivity index (χ3v) is 6.96. The summed E-state index contributed by atoms with van der Waals surface area (Å²) in [5.74, 6) is -1.77. The van der Waals surface area contributed by atoms with Gasteiger partial charge in [0.15, 0.2) is 0 Å². The van der Waals surface area contributed by atoms with Crippen LogP contribution >= 0.6 is 15.9 Å². The summed E-state index contributed by atoms with van der Waals surface area (Å²) < 4.78 is 82.8. The summed E-state index contributed by atoms with van der Waals surface area (Å²) in [6, 6.07) is 14.1. The van der Waals surface area contributed by atoms with Gasteiger partial charge in [0.2, 0.25) is 10.0 Å². The van der Waals surface area contributed by atoms with Crippen LogP contribution in [0.2, 0.25) is 0 Å². The third-order valence-electron chi connectivity index (χ3n) is 5.89. The minimum Gasteiger partial charge on any atom is -0.406 e. The Kier molecular flexibility index (Phi) is 7.43. The van der Waals surface area contributed by atoms with Crippen LogP contribution in [-0.2, 0) is 15.4 Å². The summed E-state index contributed by atoms with van der Waals surface area (Å²) in [5, 5.41) is 3.43. The molecule has 4 aromatic rings. The second-order valence-corrected chi connectivity index (χ2v) is 12.0. The average molecular weight is 628 g/mol. The summed E-state index contributed by atoms with van der Waals surface area (Å²) >= 11 is 3.37. The van der Waals surface area contributed by atoms with Gasteiger partial charge < -0.3 is 15.0 Å². The van der Waals surface area contributed by atoms with Gasteiger partial charge >= 0.3 is 6.36 Å². The number of carbonyl (C=O) groups excluding carboxylic acids is 1. The second-order valence-electron chi connectivity index (χ2n) is 9.36. The van der Waals surface area contributed by atoms with E-state index in [0.29, 0.717) is 32.3 Å². The minimum atomic E-state index is -4.93. The Bertz CT molecular complexity index is 1680. The highest BCUT2D eigenvalue weighted by Crippen LogP contribution is 2.38. The van der Waals surface area contributed by atoms with Gasteiger partial charge in [0.1, 0.15) is 17.3 Å². The molecule has 0 spiro atoms. The number of carbonyl (C=O) groups is 1. The fourth-order valence-electron chi connectivity index (χ4n) is 4.08. The first kappa shape index (κ1) is 28.4. The van der Waals surface area contributed by atoms with E-state index in [1.165, 1.54) is 0 Å². The van der Waals surface area contributed by atoms with Crippen LogP contribution in [0.15, 0.2) is 65.1 Å². The molecule has 0 aliphatic carbocycles. The number of amides is 1. The maximum absolute atomic E-state index is 14.8. The summed E-state index contributed by atoms with van der Waals surface area (Å²) in [4.78, 5) is 16.0. The molecule has 206 valence electrons. The van der Waals surface area contributed by atoms with Crippen molar-refractivity contribution in [2.45, 2.75) is 25.6 Å². The monoisotopic (exact) mass is 627 g/mol. The Labute approximate surface area is 229 Å². The van der Waals surface area contributed by atoms with Crippen LogP contribution in [0.25, 0.3) is 10.9 Å². The van der Waals surface area contributed by atoms with Gasteiger partial charge in [-0.3, -0.25) is 9.52 Å². The molecule has 7 nitrogen and oxygen atoms in total. The number of fused-ring (bicyclic) bond motifs is 1. The van der Waals surface area contributed by atoms with Crippen LogP contribution in [0, 0.1) is 5.82 Å². The van der Waals surface area contributed by atoms with Crippen LogP contribution in [0.5, 0.6) is 5.75 Å². The van der Waals surface area contributed by atoms with Crippen molar-refractivity contribution in [3.05, 3.63) is 87.8 Å². The molecule has 0 saturated carbocycles. The molecule has 0 fully saturated rings. The van der Waals surface area contributed by atoms with Gasteiger partial charge in [-0.15, -0.1) is 13.2 Å². The molecule has 0 radical (unpaired) electrons. The zero-order valence-electron chi connectivity index (χ0n) is 20.7. The highest BCUT2D eigenvalue weighted by molar-refractivity contribution is 9.10. The van der Waals surface area contributed by atoms with Crippen LogP contribution in [0.1, 0.15) is 35.5 Å². The van der Waals surface area contributed by atoms with Gasteiger partial charge in [-0.1, -0.05) is 35.8 Å². The van der Waals surface area contributed by atoms with Crippen LogP contribution in [0.3, 0.4) is 0 Å². The maximum Gasteiger partial charge on any atom is 0.573 e. The number of aromatic amines is 1. The lowest BCUT2D eigenvalue weighted by Gasteiger charge is -2.28. The molecular weight excluding hydrogens is 606 g/mol. The van der Waals surface area contributed by atoms with Crippen LogP contribution in [0.4, 0.5) is 28.9 Å². The smallest absolute Gasteiger partial charge is 0.406 e. The maximum atomic E-state index is 14.8. The first-order valence-corrected chi connectivity index (χ1v) is 14.0. The van der Waals surface area contributed by atoms with E-state index >= 15 is 0 Å². The molecule has 1 amide bonds. The zero-order chi connectivity index (χ0) is 28.8. The molecule has 3 N–H and O–H groups in total. The van der Waals surface area contributed by atoms with Gasteiger partial charge in [0.05, 0.1) is 11.9 Å². The number of aromatic nitrogens is 1. The molecule has 1 aromatic heterocycles. The van der Waals surface area contributed by atoms with E-state index in [1.54, 1.807) is 56.3 Å². The topological polar surface area (TPSA) is 100 Å². The van der Waals surface area contributed by atoms with Crippen molar-refractivity contribution in [1.29, 1.82) is 0 Å². The van der Waals surface area contributed by atoms with Crippen molar-refractivity contribution in [3.8, 4) is 5.75 Å². The number of rotatable bonds is 7. The van der Waals surface area contributed by atoms with Gasteiger partial charge in [-0.25, -0.2) is 12.8 Å². The molecule has 0 saturated heterocycles. The molecule has 0 unspecified atom stereocenters. The Morgan fingerprint density at radius 2 is 1.69 bits per heavy atom. The van der Waals surface area contributed by atoms with Crippen LogP contribution < -0.4 is 14.8 Å². The number of sulfonamides is 1. The quantitative estimate of drug-likeness (QED) is 0.194. The number of ether oxygens (including phenoxy) is 1. The van der Waals surface area contributed by atoms with Gasteiger partial charge in [-0.2, -0.15) is 0 Å². The van der Waals surface area contributed by atoms with E-state index in [1.807, 2.05) is 0 Å². The number of benzene rings is 3. The lowest BCUT2D eigenvalue weighted by Crippen LogP contribution is -2.23. The van der Waals surface area contributed by atoms with Gasteiger partial charge in [0, 0.05) is 32.0 Å². The number of hydrogen-bond acceptors (Lipinski definition) is 4. The lowest BCUT2D eigenvalue weighted by molar-refractivity contribution is -0.274. The highest BCUT2D eigenvalue weighted by atomic mass is 79.9. The fourth-order valence-corrected chi connectivity index (χ4v) is 5.13. The molecule has 39 heavy (non-hydrogen) atoms. The van der Waals surface area contributed by atoms with Crippen LogP contribution in [-0.4, -0.2) is 31.9 Å². The Hall–Kier alpha value is -3.58. The number of alkyl halides is 3. The Morgan fingerprint density at radius 3 is 2.36 bits per heavy atom. The molecular formula is C26H22BrF4N3O4S. The predicted octanol–water partition coefficient (Wildman–Crippen LogP) is 6.92. The zero-order valence-corrected chi connectivity index (χ0v) is 23.1. The standard InChI is InChI=1S/C26H22BrF4N3O4S/c1-25(2,20-13-19(6-7-21(20)28)38-26(29,30)31)15-9-16(27)11-18(10-15)32-24(35)23-8-14-4-5-17(12-22(14)33-23)34-39(3,36)37/h4-13,33-34H,1-3H3,(H,32,35). The molecule has 0 atom stereocenters. The number of halogens is 5. The number of H-pyrrole nitrogens is 1. The molecule has 3 aromatic carbocycles. The van der Waals surface area contributed by atoms with E-state index in [0.717, 1.165) is 24.5 Å². The van der Waals surface area contributed by atoms with Crippen molar-refractivity contribution < 1.29 is 35.5 Å². The number of nitrogens with one attached hydrogen (secondary N) is 3. The second kappa shape index (κ2) is 10.2. The van der Waals surface area contributed by atoms with Crippen molar-refractivity contribution in [2.75, 3.05) is 16.3 Å². The SMILES string of the molecule is CC(C)(c1cc(Br)cc(NC(=O)c2cc3ccc(NS(C)(=O)=O)cc3[nH]2)c1)c1cc(OC(F)(F)F)ccc1F. The Morgan fingerprint density at radius 1 is 0.974 bits per heavy atom. The van der Waals surface area contributed by atoms with E-state index in [-0.39, 0.29) is 11.3 Å². The van der Waals surface area contributed by atoms with Crippen molar-refractivity contribution in [3.63, 3.8) is 0 Å². The predicted molar refractivity (Wildman–Crippen MR) is 144 cm³/mol. The van der Waals surface area contributed by atoms with E-state index in [2.05, 4.69) is 35.7 Å². The molecule has 0 bridgehead atoms. The molecule has 1 heterocycles. The lowest BCUT2D eigenvalue weighted by atomic mass is 9.77. The summed E-state index contributed by atoms with van der Waals surface area (Å²) in [7, 11) is -3.48. The largest absolute Gasteiger partial charge is 0.573 e. The van der Waals surface area contributed by atoms with Crippen molar-refractivity contribution in [1.82, 2.24) is 4.98 Å². The van der Waals surface area contributed by atoms with Gasteiger partial charge in [-0.05, 0) is 60.2 Å². The average Bonchev–Trinajstić information content (AvgIpc) is 3.21. The molecule has 0 aliphatic heterocycles. The Balaban J connectivity index is 1.62. The normalized spacial score (nSPS) is 12.4. The number of hydrogen-bond donors (Lipinski definition) is 3. The minimum absolute atomic E-state index is 0.0336. The highest BCUT2D eigenvalue weighted by Gasteiger charge is 2.33. The van der Waals surface area contributed by atoms with Crippen molar-refractivity contribution >= 4 is 54.1 Å². The van der Waals surface area contributed by atoms with Gasteiger partial charge in [0.25, 0.3) is 5.91 Å². The third kappa shape index (κ3) is 6.90.